The van der Waals surface area contributed by atoms with Crippen molar-refractivity contribution < 1.29 is 0 Å². The van der Waals surface area contributed by atoms with E-state index in [2.05, 4.69) is 9.97 Å². The Hall–Kier alpha value is -2.16. The highest BCUT2D eigenvalue weighted by Gasteiger charge is 2.03. The Bertz CT molecular complexity index is 643. The molecule has 0 spiro atoms. The predicted octanol–water partition coefficient (Wildman–Crippen LogP) is 2.08. The van der Waals surface area contributed by atoms with Gasteiger partial charge in [0.2, 0.25) is 0 Å². The average molecular weight is 196 g/mol. The summed E-state index contributed by atoms with van der Waals surface area (Å²) in [5.74, 6) is 0. The standard InChI is InChI=1S/C12H8N2O/c15-12-8-3-1-2-4-10(8)14-11-7-13-6-5-9(11)12/h1-7H,(H,14,15). The fourth-order valence-corrected chi connectivity index (χ4v) is 1.77. The second-order valence-corrected chi connectivity index (χ2v) is 3.42. The summed E-state index contributed by atoms with van der Waals surface area (Å²) in [6, 6.07) is 9.23. The number of aromatic amines is 1. The van der Waals surface area contributed by atoms with Crippen LogP contribution in [-0.2, 0) is 0 Å². The first-order chi connectivity index (χ1) is 7.36. The summed E-state index contributed by atoms with van der Waals surface area (Å²) in [7, 11) is 0. The average Bonchev–Trinajstić information content (AvgIpc) is 2.30. The van der Waals surface area contributed by atoms with E-state index in [4.69, 9.17) is 0 Å². The van der Waals surface area contributed by atoms with Gasteiger partial charge in [0.1, 0.15) is 0 Å². The Morgan fingerprint density at radius 2 is 1.80 bits per heavy atom. The van der Waals surface area contributed by atoms with Crippen LogP contribution in [0, 0.1) is 0 Å². The van der Waals surface area contributed by atoms with Crippen molar-refractivity contribution in [3.05, 3.63) is 52.9 Å². The molecule has 3 rings (SSSR count). The maximum Gasteiger partial charge on any atom is 0.197 e. The van der Waals surface area contributed by atoms with E-state index in [1.165, 1.54) is 0 Å². The Morgan fingerprint density at radius 3 is 2.73 bits per heavy atom. The smallest absolute Gasteiger partial charge is 0.197 e. The van der Waals surface area contributed by atoms with Gasteiger partial charge in [0, 0.05) is 22.5 Å². The lowest BCUT2D eigenvalue weighted by atomic mass is 10.1. The highest BCUT2D eigenvalue weighted by atomic mass is 16.1. The molecule has 0 atom stereocenters. The first-order valence-corrected chi connectivity index (χ1v) is 4.71. The van der Waals surface area contributed by atoms with Crippen molar-refractivity contribution in [1.82, 2.24) is 9.97 Å². The van der Waals surface area contributed by atoms with E-state index in [0.29, 0.717) is 5.39 Å². The number of nitrogens with zero attached hydrogens (tertiary/aromatic N) is 1. The predicted molar refractivity (Wildman–Crippen MR) is 59.9 cm³/mol. The highest BCUT2D eigenvalue weighted by Crippen LogP contribution is 2.12. The summed E-state index contributed by atoms with van der Waals surface area (Å²) < 4.78 is 0. The van der Waals surface area contributed by atoms with Crippen LogP contribution in [0.25, 0.3) is 21.8 Å². The number of pyridine rings is 2. The van der Waals surface area contributed by atoms with Crippen LogP contribution < -0.4 is 5.43 Å². The van der Waals surface area contributed by atoms with Gasteiger partial charge in [-0.2, -0.15) is 0 Å². The van der Waals surface area contributed by atoms with Gasteiger partial charge < -0.3 is 4.98 Å². The molecule has 0 unspecified atom stereocenters. The number of aromatic nitrogens is 2. The molecule has 2 aromatic heterocycles. The van der Waals surface area contributed by atoms with E-state index >= 15 is 0 Å². The molecule has 1 aromatic carbocycles. The van der Waals surface area contributed by atoms with Crippen LogP contribution in [0.4, 0.5) is 0 Å². The van der Waals surface area contributed by atoms with E-state index in [1.54, 1.807) is 18.5 Å². The monoisotopic (exact) mass is 196 g/mol. The van der Waals surface area contributed by atoms with Crippen LogP contribution in [-0.4, -0.2) is 9.97 Å². The molecule has 3 aromatic rings. The van der Waals surface area contributed by atoms with Gasteiger partial charge in [0.15, 0.2) is 5.43 Å². The van der Waals surface area contributed by atoms with E-state index < -0.39 is 0 Å². The molecule has 0 bridgehead atoms. The maximum absolute atomic E-state index is 12.0. The third-order valence-electron chi connectivity index (χ3n) is 2.51. The number of fused-ring (bicyclic) bond motifs is 2. The zero-order valence-corrected chi connectivity index (χ0v) is 7.90. The number of benzene rings is 1. The Kier molecular flexibility index (Phi) is 1.59. The number of hydrogen-bond acceptors (Lipinski definition) is 2. The lowest BCUT2D eigenvalue weighted by Gasteiger charge is -2.00. The zero-order chi connectivity index (χ0) is 10.3. The van der Waals surface area contributed by atoms with Crippen molar-refractivity contribution in [3.8, 4) is 0 Å². The van der Waals surface area contributed by atoms with Crippen molar-refractivity contribution >= 4 is 21.8 Å². The molecule has 0 aliphatic carbocycles. The van der Waals surface area contributed by atoms with Crippen LogP contribution in [0.1, 0.15) is 0 Å². The Morgan fingerprint density at radius 1 is 1.00 bits per heavy atom. The lowest BCUT2D eigenvalue weighted by Crippen LogP contribution is -2.03. The molecule has 3 nitrogen and oxygen atoms in total. The van der Waals surface area contributed by atoms with Gasteiger partial charge in [-0.25, -0.2) is 0 Å². The molecule has 0 aliphatic heterocycles. The molecular formula is C12H8N2O. The molecule has 0 fully saturated rings. The third kappa shape index (κ3) is 1.13. The first kappa shape index (κ1) is 8.17. The molecular weight excluding hydrogens is 188 g/mol. The first-order valence-electron chi connectivity index (χ1n) is 4.71. The van der Waals surface area contributed by atoms with Crippen LogP contribution in [0.3, 0.4) is 0 Å². The minimum Gasteiger partial charge on any atom is -0.353 e. The van der Waals surface area contributed by atoms with E-state index in [9.17, 15) is 4.79 Å². The van der Waals surface area contributed by atoms with E-state index in [-0.39, 0.29) is 5.43 Å². The summed E-state index contributed by atoms with van der Waals surface area (Å²) >= 11 is 0. The fourth-order valence-electron chi connectivity index (χ4n) is 1.77. The highest BCUT2D eigenvalue weighted by molar-refractivity contribution is 5.91. The van der Waals surface area contributed by atoms with Gasteiger partial charge in [-0.1, -0.05) is 12.1 Å². The second kappa shape index (κ2) is 2.92. The molecule has 15 heavy (non-hydrogen) atoms. The number of H-pyrrole nitrogens is 1. The number of hydrogen-bond donors (Lipinski definition) is 1. The minimum absolute atomic E-state index is 0.0572. The van der Waals surface area contributed by atoms with Crippen molar-refractivity contribution in [2.45, 2.75) is 0 Å². The molecule has 1 N–H and O–H groups in total. The van der Waals surface area contributed by atoms with Gasteiger partial charge in [-0.15, -0.1) is 0 Å². The summed E-state index contributed by atoms with van der Waals surface area (Å²) in [5.41, 5.74) is 1.69. The van der Waals surface area contributed by atoms with Crippen LogP contribution >= 0.6 is 0 Å². The summed E-state index contributed by atoms with van der Waals surface area (Å²) in [6.45, 7) is 0. The fraction of sp³-hybridized carbons (Fsp3) is 0. The van der Waals surface area contributed by atoms with Gasteiger partial charge >= 0.3 is 0 Å². The largest absolute Gasteiger partial charge is 0.353 e. The van der Waals surface area contributed by atoms with Gasteiger partial charge in [0.05, 0.1) is 11.7 Å². The quantitative estimate of drug-likeness (QED) is 0.559. The second-order valence-electron chi connectivity index (χ2n) is 3.42. The maximum atomic E-state index is 12.0. The number of para-hydroxylation sites is 1. The SMILES string of the molecule is O=c1c2ccccc2[nH]c2cnccc12. The van der Waals surface area contributed by atoms with E-state index in [0.717, 1.165) is 16.4 Å². The molecule has 0 radical (unpaired) electrons. The lowest BCUT2D eigenvalue weighted by molar-refractivity contribution is 1.33. The number of rotatable bonds is 0. The topological polar surface area (TPSA) is 45.8 Å². The molecule has 0 saturated carbocycles. The number of nitrogens with one attached hydrogen (secondary N) is 1. The molecule has 2 heterocycles. The summed E-state index contributed by atoms with van der Waals surface area (Å²) in [6.07, 6.45) is 3.30. The molecule has 72 valence electrons. The van der Waals surface area contributed by atoms with Crippen molar-refractivity contribution in [2.75, 3.05) is 0 Å². The normalized spacial score (nSPS) is 10.9. The minimum atomic E-state index is 0.0572. The van der Waals surface area contributed by atoms with Crippen molar-refractivity contribution in [1.29, 1.82) is 0 Å². The molecule has 0 aliphatic rings. The van der Waals surface area contributed by atoms with E-state index in [1.807, 2.05) is 24.3 Å². The Balaban J connectivity index is 2.66. The van der Waals surface area contributed by atoms with Gasteiger partial charge in [0.25, 0.3) is 0 Å². The molecule has 3 heteroatoms. The Labute approximate surface area is 85.4 Å². The summed E-state index contributed by atoms with van der Waals surface area (Å²) in [4.78, 5) is 19.2. The van der Waals surface area contributed by atoms with Gasteiger partial charge in [-0.05, 0) is 18.2 Å². The molecule has 0 saturated heterocycles. The van der Waals surface area contributed by atoms with Crippen molar-refractivity contribution in [2.24, 2.45) is 0 Å². The zero-order valence-electron chi connectivity index (χ0n) is 7.90. The third-order valence-corrected chi connectivity index (χ3v) is 2.51. The molecule has 0 amide bonds. The summed E-state index contributed by atoms with van der Waals surface area (Å²) in [5, 5.41) is 1.40. The van der Waals surface area contributed by atoms with Gasteiger partial charge in [-0.3, -0.25) is 9.78 Å². The van der Waals surface area contributed by atoms with Crippen molar-refractivity contribution in [3.63, 3.8) is 0 Å². The van der Waals surface area contributed by atoms with Crippen LogP contribution in [0.5, 0.6) is 0 Å². The van der Waals surface area contributed by atoms with Crippen LogP contribution in [0.2, 0.25) is 0 Å². The van der Waals surface area contributed by atoms with Crippen LogP contribution in [0.15, 0.2) is 47.5 Å².